The van der Waals surface area contributed by atoms with Crippen molar-refractivity contribution >= 4 is 11.9 Å². The zero-order valence-electron chi connectivity index (χ0n) is 17.2. The molecule has 29 heavy (non-hydrogen) atoms. The maximum atomic E-state index is 12.5. The molecular weight excluding hydrogens is 374 g/mol. The van der Waals surface area contributed by atoms with Gasteiger partial charge >= 0.3 is 5.97 Å². The number of rotatable bonds is 10. The Morgan fingerprint density at radius 3 is 2.45 bits per heavy atom. The number of carbonyl (C=O) groups is 2. The number of amides is 1. The van der Waals surface area contributed by atoms with Crippen molar-refractivity contribution in [3.8, 4) is 11.5 Å². The highest BCUT2D eigenvalue weighted by Crippen LogP contribution is 2.28. The summed E-state index contributed by atoms with van der Waals surface area (Å²) >= 11 is 0. The molecule has 0 aromatic heterocycles. The van der Waals surface area contributed by atoms with Crippen molar-refractivity contribution in [2.75, 3.05) is 20.8 Å². The summed E-state index contributed by atoms with van der Waals surface area (Å²) in [5.74, 6) is -0.0387. The van der Waals surface area contributed by atoms with Crippen LogP contribution in [0.25, 0.3) is 0 Å². The fraction of sp³-hybridized carbons (Fsp3) is 0.364. The van der Waals surface area contributed by atoms with Crippen LogP contribution < -0.4 is 14.8 Å². The van der Waals surface area contributed by atoms with Crippen LogP contribution in [0, 0.1) is 0 Å². The number of methoxy groups -OCH3 is 2. The van der Waals surface area contributed by atoms with Crippen LogP contribution in [0.5, 0.6) is 11.5 Å². The number of nitrogens with one attached hydrogen (secondary N) is 1. The molecule has 2 rings (SSSR count). The lowest BCUT2D eigenvalue weighted by Crippen LogP contribution is -2.23. The van der Waals surface area contributed by atoms with E-state index in [-0.39, 0.29) is 18.6 Å². The minimum atomic E-state index is -0.505. The number of carbonyl (C=O) groups excluding carboxylic acids is 2. The average Bonchev–Trinajstić information content (AvgIpc) is 2.74. The third-order valence-electron chi connectivity index (χ3n) is 4.03. The topological polar surface area (TPSA) is 83.1 Å². The lowest BCUT2D eigenvalue weighted by molar-refractivity contribution is -0.142. The summed E-state index contributed by atoms with van der Waals surface area (Å²) in [7, 11) is 2.75. The van der Waals surface area contributed by atoms with Crippen LogP contribution in [-0.2, 0) is 27.4 Å². The molecule has 7 heteroatoms. The van der Waals surface area contributed by atoms with Crippen molar-refractivity contribution < 1.29 is 28.5 Å². The predicted octanol–water partition coefficient (Wildman–Crippen LogP) is 3.10. The fourth-order valence-electron chi connectivity index (χ4n) is 2.50. The molecule has 0 aliphatic carbocycles. The van der Waals surface area contributed by atoms with E-state index in [2.05, 4.69) is 10.1 Å². The van der Waals surface area contributed by atoms with Gasteiger partial charge in [0, 0.05) is 12.1 Å². The quantitative estimate of drug-likeness (QED) is 0.616. The molecule has 0 aliphatic heterocycles. The highest BCUT2D eigenvalue weighted by Gasteiger charge is 2.12. The van der Waals surface area contributed by atoms with Crippen LogP contribution in [0.15, 0.2) is 42.5 Å². The van der Waals surface area contributed by atoms with E-state index in [4.69, 9.17) is 14.2 Å². The molecule has 0 unspecified atom stereocenters. The molecule has 2 aromatic rings. The first-order chi connectivity index (χ1) is 13.9. The molecule has 156 valence electrons. The zero-order chi connectivity index (χ0) is 21.2. The summed E-state index contributed by atoms with van der Waals surface area (Å²) in [4.78, 5) is 23.7. The summed E-state index contributed by atoms with van der Waals surface area (Å²) in [5.41, 5.74) is 2.46. The Bertz CT molecular complexity index is 834. The lowest BCUT2D eigenvalue weighted by Gasteiger charge is -2.12. The largest absolute Gasteiger partial charge is 0.493 e. The van der Waals surface area contributed by atoms with Gasteiger partial charge in [0.15, 0.2) is 18.1 Å². The van der Waals surface area contributed by atoms with E-state index in [1.807, 2.05) is 38.1 Å². The number of esters is 1. The summed E-state index contributed by atoms with van der Waals surface area (Å²) in [6.45, 7) is 4.66. The van der Waals surface area contributed by atoms with Gasteiger partial charge in [-0.2, -0.15) is 0 Å². The van der Waals surface area contributed by atoms with Gasteiger partial charge in [-0.3, -0.25) is 4.79 Å². The second-order valence-corrected chi connectivity index (χ2v) is 6.59. The monoisotopic (exact) mass is 401 g/mol. The van der Waals surface area contributed by atoms with Crippen LogP contribution in [0.2, 0.25) is 0 Å². The summed E-state index contributed by atoms with van der Waals surface area (Å²) < 4.78 is 20.8. The molecule has 0 heterocycles. The van der Waals surface area contributed by atoms with Crippen LogP contribution in [0.4, 0.5) is 0 Å². The Morgan fingerprint density at radius 1 is 1.00 bits per heavy atom. The van der Waals surface area contributed by atoms with Gasteiger partial charge < -0.3 is 24.3 Å². The first kappa shape index (κ1) is 22.2. The highest BCUT2D eigenvalue weighted by molar-refractivity contribution is 5.94. The second-order valence-electron chi connectivity index (χ2n) is 6.59. The summed E-state index contributed by atoms with van der Waals surface area (Å²) in [6.07, 6.45) is 0.160. The molecule has 0 atom stereocenters. The van der Waals surface area contributed by atoms with E-state index in [0.717, 1.165) is 11.1 Å². The minimum Gasteiger partial charge on any atom is -0.493 e. The number of hydrogen-bond donors (Lipinski definition) is 1. The molecule has 0 fully saturated rings. The Morgan fingerprint density at radius 2 is 1.76 bits per heavy atom. The predicted molar refractivity (Wildman–Crippen MR) is 108 cm³/mol. The average molecular weight is 401 g/mol. The first-order valence-electron chi connectivity index (χ1n) is 9.28. The normalized spacial score (nSPS) is 10.5. The van der Waals surface area contributed by atoms with E-state index in [1.54, 1.807) is 18.2 Å². The first-order valence-corrected chi connectivity index (χ1v) is 9.28. The Hall–Kier alpha value is -3.06. The van der Waals surface area contributed by atoms with Gasteiger partial charge in [-0.1, -0.05) is 24.3 Å². The fourth-order valence-corrected chi connectivity index (χ4v) is 2.50. The third kappa shape index (κ3) is 7.12. The minimum absolute atomic E-state index is 0.160. The van der Waals surface area contributed by atoms with Gasteiger partial charge in [0.25, 0.3) is 5.91 Å². The van der Waals surface area contributed by atoms with E-state index >= 15 is 0 Å². The van der Waals surface area contributed by atoms with E-state index < -0.39 is 5.97 Å². The zero-order valence-corrected chi connectivity index (χ0v) is 17.2. The summed E-state index contributed by atoms with van der Waals surface area (Å²) in [5, 5.41) is 2.89. The van der Waals surface area contributed by atoms with Gasteiger partial charge in [-0.15, -0.1) is 0 Å². The van der Waals surface area contributed by atoms with Crippen molar-refractivity contribution in [3.63, 3.8) is 0 Å². The molecule has 0 bridgehead atoms. The van der Waals surface area contributed by atoms with Crippen LogP contribution in [0.3, 0.4) is 0 Å². The molecule has 0 radical (unpaired) electrons. The molecule has 0 saturated carbocycles. The van der Waals surface area contributed by atoms with Gasteiger partial charge in [0.2, 0.25) is 0 Å². The van der Waals surface area contributed by atoms with Crippen molar-refractivity contribution in [1.82, 2.24) is 5.32 Å². The number of benzene rings is 2. The lowest BCUT2D eigenvalue weighted by atomic mass is 10.1. The smallest absolute Gasteiger partial charge is 0.343 e. The maximum absolute atomic E-state index is 12.5. The van der Waals surface area contributed by atoms with E-state index in [9.17, 15) is 9.59 Å². The van der Waals surface area contributed by atoms with Gasteiger partial charge in [0.1, 0.15) is 0 Å². The van der Waals surface area contributed by atoms with E-state index in [0.29, 0.717) is 30.2 Å². The molecule has 1 N–H and O–H groups in total. The van der Waals surface area contributed by atoms with Crippen LogP contribution in [-0.4, -0.2) is 38.8 Å². The molecule has 2 aromatic carbocycles. The highest BCUT2D eigenvalue weighted by atomic mass is 16.6. The van der Waals surface area contributed by atoms with Crippen molar-refractivity contribution in [3.05, 3.63) is 59.2 Å². The molecule has 1 amide bonds. The van der Waals surface area contributed by atoms with Crippen molar-refractivity contribution in [2.24, 2.45) is 0 Å². The van der Waals surface area contributed by atoms with Gasteiger partial charge in [-0.05, 0) is 43.2 Å². The molecule has 0 saturated heterocycles. The van der Waals surface area contributed by atoms with E-state index in [1.165, 1.54) is 14.2 Å². The Kier molecular flexibility index (Phi) is 8.48. The van der Waals surface area contributed by atoms with Gasteiger partial charge in [-0.25, -0.2) is 4.79 Å². The number of hydrogen-bond acceptors (Lipinski definition) is 6. The summed E-state index contributed by atoms with van der Waals surface area (Å²) in [6, 6.07) is 12.6. The molecule has 7 nitrogen and oxygen atoms in total. The van der Waals surface area contributed by atoms with Crippen LogP contribution in [0.1, 0.15) is 35.3 Å². The third-order valence-corrected chi connectivity index (χ3v) is 4.03. The van der Waals surface area contributed by atoms with Crippen LogP contribution >= 0.6 is 0 Å². The Labute approximate surface area is 170 Å². The van der Waals surface area contributed by atoms with Crippen molar-refractivity contribution in [1.29, 1.82) is 0 Å². The Balaban J connectivity index is 1.98. The molecule has 0 spiro atoms. The van der Waals surface area contributed by atoms with Crippen molar-refractivity contribution in [2.45, 2.75) is 33.1 Å². The second kappa shape index (κ2) is 11.1. The maximum Gasteiger partial charge on any atom is 0.343 e. The molecule has 0 aliphatic rings. The standard InChI is InChI=1S/C22H27NO6/c1-15(2)28-13-17-7-5-6-16(10-17)12-23-22(25)18-8-9-19(20(11-18)26-3)29-14-21(24)27-4/h5-11,15H,12-14H2,1-4H3,(H,23,25). The number of ether oxygens (including phenoxy) is 4. The van der Waals surface area contributed by atoms with Gasteiger partial charge in [0.05, 0.1) is 26.9 Å². The SMILES string of the molecule is COC(=O)COc1ccc(C(=O)NCc2cccc(COC(C)C)c2)cc1OC. The molecular formula is C22H27NO6.